The molecule has 0 saturated carbocycles. The van der Waals surface area contributed by atoms with Gasteiger partial charge in [0.25, 0.3) is 0 Å². The van der Waals surface area contributed by atoms with E-state index in [-0.39, 0.29) is 5.91 Å². The van der Waals surface area contributed by atoms with Gasteiger partial charge in [0.15, 0.2) is 0 Å². The number of thiazole rings is 1. The van der Waals surface area contributed by atoms with Gasteiger partial charge in [-0.2, -0.15) is 0 Å². The Hall–Kier alpha value is -2.40. The number of nitrogens with zero attached hydrogens (tertiary/aromatic N) is 1. The Labute approximate surface area is 145 Å². The van der Waals surface area contributed by atoms with Gasteiger partial charge in [0.2, 0.25) is 5.91 Å². The number of ether oxygens (including phenoxy) is 1. The quantitative estimate of drug-likeness (QED) is 0.732. The molecule has 0 aliphatic rings. The molecule has 0 aliphatic heterocycles. The van der Waals surface area contributed by atoms with Crippen molar-refractivity contribution in [3.05, 3.63) is 52.5 Å². The van der Waals surface area contributed by atoms with E-state index in [4.69, 9.17) is 4.74 Å². The topological polar surface area (TPSA) is 51.2 Å². The molecule has 0 radical (unpaired) electrons. The van der Waals surface area contributed by atoms with Crippen LogP contribution >= 0.6 is 11.3 Å². The summed E-state index contributed by atoms with van der Waals surface area (Å²) in [5, 5.41) is 3.80. The molecule has 3 rings (SSSR count). The van der Waals surface area contributed by atoms with Crippen LogP contribution in [-0.4, -0.2) is 10.9 Å². The van der Waals surface area contributed by atoms with Crippen molar-refractivity contribution >= 4 is 33.1 Å². The fourth-order valence-electron chi connectivity index (χ4n) is 2.55. The number of aromatic nitrogens is 1. The predicted octanol–water partition coefficient (Wildman–Crippen LogP) is 4.70. The summed E-state index contributed by atoms with van der Waals surface area (Å²) in [5.41, 5.74) is 4.15. The summed E-state index contributed by atoms with van der Waals surface area (Å²) < 4.78 is 7.07. The molecule has 2 aromatic carbocycles. The number of anilines is 1. The first-order valence-electron chi connectivity index (χ1n) is 7.94. The minimum Gasteiger partial charge on any atom is -0.486 e. The third kappa shape index (κ3) is 3.74. The summed E-state index contributed by atoms with van der Waals surface area (Å²) in [6.07, 6.45) is 0.827. The molecule has 0 fully saturated rings. The van der Waals surface area contributed by atoms with Crippen LogP contribution in [0, 0.1) is 6.92 Å². The van der Waals surface area contributed by atoms with E-state index in [0.717, 1.165) is 33.9 Å². The molecule has 5 heteroatoms. The van der Waals surface area contributed by atoms with Crippen LogP contribution in [0.4, 0.5) is 5.69 Å². The number of benzene rings is 2. The van der Waals surface area contributed by atoms with Crippen LogP contribution in [0.2, 0.25) is 0 Å². The summed E-state index contributed by atoms with van der Waals surface area (Å²) in [6.45, 7) is 6.10. The van der Waals surface area contributed by atoms with E-state index in [1.165, 1.54) is 17.2 Å². The van der Waals surface area contributed by atoms with E-state index >= 15 is 0 Å². The molecule has 1 aromatic heterocycles. The van der Waals surface area contributed by atoms with E-state index in [1.807, 2.05) is 24.3 Å². The molecule has 0 atom stereocenters. The molecular weight excluding hydrogens is 320 g/mol. The number of carbonyl (C=O) groups excluding carboxylic acids is 1. The van der Waals surface area contributed by atoms with Crippen LogP contribution in [0.25, 0.3) is 10.2 Å². The molecule has 0 saturated heterocycles. The summed E-state index contributed by atoms with van der Waals surface area (Å²) >= 11 is 1.66. The van der Waals surface area contributed by atoms with Gasteiger partial charge in [-0.05, 0) is 54.8 Å². The van der Waals surface area contributed by atoms with Crippen LogP contribution < -0.4 is 10.1 Å². The summed E-state index contributed by atoms with van der Waals surface area (Å²) in [5.74, 6) is 0.722. The second-order valence-corrected chi connectivity index (χ2v) is 6.84. The van der Waals surface area contributed by atoms with E-state index in [2.05, 4.69) is 36.3 Å². The van der Waals surface area contributed by atoms with Crippen molar-refractivity contribution in [1.82, 2.24) is 4.98 Å². The molecule has 1 amide bonds. The van der Waals surface area contributed by atoms with Crippen LogP contribution in [-0.2, 0) is 17.8 Å². The van der Waals surface area contributed by atoms with E-state index in [0.29, 0.717) is 6.61 Å². The van der Waals surface area contributed by atoms with Crippen LogP contribution in [0.3, 0.4) is 0 Å². The number of amides is 1. The van der Waals surface area contributed by atoms with E-state index in [1.54, 1.807) is 11.3 Å². The number of fused-ring (bicyclic) bond motifs is 1. The van der Waals surface area contributed by atoms with Gasteiger partial charge < -0.3 is 10.1 Å². The fourth-order valence-corrected chi connectivity index (χ4v) is 3.53. The van der Waals surface area contributed by atoms with Crippen molar-refractivity contribution in [3.8, 4) is 5.75 Å². The zero-order valence-corrected chi connectivity index (χ0v) is 14.9. The molecule has 4 nitrogen and oxygen atoms in total. The average Bonchev–Trinajstić information content (AvgIpc) is 2.95. The standard InChI is InChI=1S/C19H20N2O2S/c1-4-14-10-15(6-8-16(14)20-13(3)22)23-11-19-21-17-7-5-12(2)9-18(17)24-19/h5-10H,4,11H2,1-3H3,(H,20,22). The van der Waals surface area contributed by atoms with Gasteiger partial charge in [-0.1, -0.05) is 13.0 Å². The van der Waals surface area contributed by atoms with Crippen molar-refractivity contribution in [2.75, 3.05) is 5.32 Å². The lowest BCUT2D eigenvalue weighted by Crippen LogP contribution is -2.08. The first-order chi connectivity index (χ1) is 11.5. The second kappa shape index (κ2) is 7.01. The molecule has 0 unspecified atom stereocenters. The summed E-state index contributed by atoms with van der Waals surface area (Å²) in [6, 6.07) is 12.0. The molecule has 124 valence electrons. The lowest BCUT2D eigenvalue weighted by Gasteiger charge is -2.11. The monoisotopic (exact) mass is 340 g/mol. The number of hydrogen-bond donors (Lipinski definition) is 1. The Morgan fingerprint density at radius 3 is 2.83 bits per heavy atom. The Morgan fingerprint density at radius 1 is 1.25 bits per heavy atom. The number of carbonyl (C=O) groups is 1. The fraction of sp³-hybridized carbons (Fsp3) is 0.263. The summed E-state index contributed by atoms with van der Waals surface area (Å²) in [4.78, 5) is 15.8. The molecule has 0 bridgehead atoms. The minimum atomic E-state index is -0.0665. The highest BCUT2D eigenvalue weighted by Crippen LogP contribution is 2.26. The molecule has 1 heterocycles. The van der Waals surface area contributed by atoms with Crippen molar-refractivity contribution in [3.63, 3.8) is 0 Å². The Balaban J connectivity index is 1.74. The largest absolute Gasteiger partial charge is 0.486 e. The third-order valence-corrected chi connectivity index (χ3v) is 4.71. The zero-order valence-electron chi connectivity index (χ0n) is 14.1. The Morgan fingerprint density at radius 2 is 2.08 bits per heavy atom. The minimum absolute atomic E-state index is 0.0665. The molecule has 3 aromatic rings. The second-order valence-electron chi connectivity index (χ2n) is 5.72. The highest BCUT2D eigenvalue weighted by molar-refractivity contribution is 7.18. The van der Waals surface area contributed by atoms with E-state index < -0.39 is 0 Å². The lowest BCUT2D eigenvalue weighted by molar-refractivity contribution is -0.114. The highest BCUT2D eigenvalue weighted by atomic mass is 32.1. The number of aryl methyl sites for hydroxylation is 2. The highest BCUT2D eigenvalue weighted by Gasteiger charge is 2.07. The maximum atomic E-state index is 11.2. The predicted molar refractivity (Wildman–Crippen MR) is 98.8 cm³/mol. The van der Waals surface area contributed by atoms with Gasteiger partial charge in [-0.25, -0.2) is 4.98 Å². The smallest absolute Gasteiger partial charge is 0.221 e. The number of rotatable bonds is 5. The van der Waals surface area contributed by atoms with Gasteiger partial charge in [0.1, 0.15) is 17.4 Å². The third-order valence-electron chi connectivity index (χ3n) is 3.72. The molecule has 0 aliphatic carbocycles. The lowest BCUT2D eigenvalue weighted by atomic mass is 10.1. The number of nitrogens with one attached hydrogen (secondary N) is 1. The number of hydrogen-bond acceptors (Lipinski definition) is 4. The van der Waals surface area contributed by atoms with E-state index in [9.17, 15) is 4.79 Å². The van der Waals surface area contributed by atoms with Crippen LogP contribution in [0.15, 0.2) is 36.4 Å². The summed E-state index contributed by atoms with van der Waals surface area (Å²) in [7, 11) is 0. The first-order valence-corrected chi connectivity index (χ1v) is 8.76. The van der Waals surface area contributed by atoms with Crippen molar-refractivity contribution in [2.45, 2.75) is 33.8 Å². The normalized spacial score (nSPS) is 10.8. The van der Waals surface area contributed by atoms with Crippen LogP contribution in [0.1, 0.15) is 30.0 Å². The Kier molecular flexibility index (Phi) is 4.81. The first kappa shape index (κ1) is 16.5. The van der Waals surface area contributed by atoms with Crippen molar-refractivity contribution in [2.24, 2.45) is 0 Å². The van der Waals surface area contributed by atoms with Gasteiger partial charge in [-0.15, -0.1) is 11.3 Å². The van der Waals surface area contributed by atoms with Crippen LogP contribution in [0.5, 0.6) is 5.75 Å². The maximum absolute atomic E-state index is 11.2. The Bertz CT molecular complexity index is 886. The maximum Gasteiger partial charge on any atom is 0.221 e. The molecule has 24 heavy (non-hydrogen) atoms. The molecule has 0 spiro atoms. The molecule has 1 N–H and O–H groups in total. The van der Waals surface area contributed by atoms with Gasteiger partial charge in [0, 0.05) is 12.6 Å². The van der Waals surface area contributed by atoms with Crippen molar-refractivity contribution in [1.29, 1.82) is 0 Å². The van der Waals surface area contributed by atoms with Gasteiger partial charge >= 0.3 is 0 Å². The average molecular weight is 340 g/mol. The zero-order chi connectivity index (χ0) is 17.1. The SMILES string of the molecule is CCc1cc(OCc2nc3ccc(C)cc3s2)ccc1NC(C)=O. The van der Waals surface area contributed by atoms with Crippen molar-refractivity contribution < 1.29 is 9.53 Å². The molecular formula is C19H20N2O2S. The van der Waals surface area contributed by atoms with Gasteiger partial charge in [0.05, 0.1) is 10.2 Å². The van der Waals surface area contributed by atoms with Gasteiger partial charge in [-0.3, -0.25) is 4.79 Å².